The molecule has 0 atom stereocenters. The summed E-state index contributed by atoms with van der Waals surface area (Å²) in [4.78, 5) is 26.6. The summed E-state index contributed by atoms with van der Waals surface area (Å²) in [6.07, 6.45) is 1.44. The second kappa shape index (κ2) is 8.17. The summed E-state index contributed by atoms with van der Waals surface area (Å²) >= 11 is 0. The summed E-state index contributed by atoms with van der Waals surface area (Å²) in [6.45, 7) is 9.48. The average molecular weight is 383 g/mol. The van der Waals surface area contributed by atoms with Gasteiger partial charge in [0.05, 0.1) is 11.7 Å². The molecule has 1 amide bonds. The number of aryl methyl sites for hydroxylation is 1. The van der Waals surface area contributed by atoms with Gasteiger partial charge >= 0.3 is 0 Å². The van der Waals surface area contributed by atoms with Gasteiger partial charge in [-0.2, -0.15) is 5.10 Å². The van der Waals surface area contributed by atoms with E-state index in [0.29, 0.717) is 18.8 Å². The van der Waals surface area contributed by atoms with Crippen molar-refractivity contribution in [2.24, 2.45) is 0 Å². The van der Waals surface area contributed by atoms with E-state index in [4.69, 9.17) is 4.74 Å². The number of aromatic nitrogens is 2. The van der Waals surface area contributed by atoms with Crippen LogP contribution in [0.25, 0.3) is 0 Å². The van der Waals surface area contributed by atoms with Crippen LogP contribution in [0.1, 0.15) is 50.9 Å². The topological polar surface area (TPSA) is 64.4 Å². The monoisotopic (exact) mass is 383 g/mol. The Bertz CT molecular complexity index is 890. The van der Waals surface area contributed by atoms with Gasteiger partial charge in [0.25, 0.3) is 11.5 Å². The van der Waals surface area contributed by atoms with Gasteiger partial charge in [0.1, 0.15) is 5.75 Å². The number of likely N-dealkylation sites (tertiary alicyclic amines) is 1. The zero-order valence-electron chi connectivity index (χ0n) is 17.1. The number of amides is 1. The number of nitrogens with zero attached hydrogens (tertiary/aromatic N) is 3. The molecular formula is C22H29N3O3. The Kier molecular flexibility index (Phi) is 5.87. The molecule has 1 aliphatic rings. The number of rotatable bonds is 4. The summed E-state index contributed by atoms with van der Waals surface area (Å²) in [5, 5.41) is 4.60. The van der Waals surface area contributed by atoms with Crippen molar-refractivity contribution in [2.45, 2.75) is 52.0 Å². The first-order valence-electron chi connectivity index (χ1n) is 9.81. The van der Waals surface area contributed by atoms with Gasteiger partial charge in [-0.15, -0.1) is 0 Å². The molecule has 3 rings (SSSR count). The fourth-order valence-electron chi connectivity index (χ4n) is 3.39. The van der Waals surface area contributed by atoms with E-state index in [1.54, 1.807) is 16.8 Å². The molecule has 150 valence electrons. The number of carbonyl (C=O) groups excluding carboxylic acids is 1. The molecule has 0 bridgehead atoms. The van der Waals surface area contributed by atoms with Crippen LogP contribution in [-0.4, -0.2) is 40.3 Å². The summed E-state index contributed by atoms with van der Waals surface area (Å²) in [7, 11) is 0. The summed E-state index contributed by atoms with van der Waals surface area (Å²) in [5.41, 5.74) is 1.80. The van der Waals surface area contributed by atoms with Crippen LogP contribution in [0.15, 0.2) is 41.2 Å². The van der Waals surface area contributed by atoms with Crippen molar-refractivity contribution in [3.8, 4) is 5.75 Å². The van der Waals surface area contributed by atoms with Crippen molar-refractivity contribution >= 4 is 5.91 Å². The van der Waals surface area contributed by atoms with E-state index < -0.39 is 0 Å². The van der Waals surface area contributed by atoms with Crippen molar-refractivity contribution in [1.29, 1.82) is 0 Å². The van der Waals surface area contributed by atoms with Crippen LogP contribution in [-0.2, 0) is 10.2 Å². The zero-order chi connectivity index (χ0) is 20.3. The highest BCUT2D eigenvalue weighted by Gasteiger charge is 2.26. The molecule has 28 heavy (non-hydrogen) atoms. The lowest BCUT2D eigenvalue weighted by Crippen LogP contribution is -2.43. The van der Waals surface area contributed by atoms with Gasteiger partial charge in [-0.25, -0.2) is 4.68 Å². The van der Waals surface area contributed by atoms with Gasteiger partial charge in [0, 0.05) is 24.6 Å². The Labute approximate surface area is 166 Å². The first-order chi connectivity index (χ1) is 13.2. The van der Waals surface area contributed by atoms with Gasteiger partial charge in [-0.3, -0.25) is 9.59 Å². The van der Waals surface area contributed by atoms with Crippen LogP contribution in [0, 0.1) is 6.92 Å². The van der Waals surface area contributed by atoms with Gasteiger partial charge in [0.15, 0.2) is 6.61 Å². The van der Waals surface area contributed by atoms with Crippen LogP contribution in [0.5, 0.6) is 5.75 Å². The Balaban J connectivity index is 1.58. The van der Waals surface area contributed by atoms with E-state index in [9.17, 15) is 9.59 Å². The molecule has 0 aliphatic carbocycles. The first kappa shape index (κ1) is 20.1. The third-order valence-electron chi connectivity index (χ3n) is 5.11. The maximum atomic E-state index is 12.5. The van der Waals surface area contributed by atoms with E-state index >= 15 is 0 Å². The van der Waals surface area contributed by atoms with E-state index in [2.05, 4.69) is 25.9 Å². The molecule has 2 heterocycles. The standard InChI is InChI=1S/C22H29N3O3/c1-16-6-5-7-18(14-16)28-15-21(27)24-12-10-17(11-13-24)25-20(26)9-8-19(23-25)22(2,3)4/h5-9,14,17H,10-13,15H2,1-4H3. The van der Waals surface area contributed by atoms with Crippen LogP contribution in [0.4, 0.5) is 0 Å². The van der Waals surface area contributed by atoms with Crippen LogP contribution in [0.3, 0.4) is 0 Å². The smallest absolute Gasteiger partial charge is 0.267 e. The molecule has 1 aromatic carbocycles. The highest BCUT2D eigenvalue weighted by Crippen LogP contribution is 2.23. The van der Waals surface area contributed by atoms with Crippen LogP contribution < -0.4 is 10.3 Å². The molecule has 0 N–H and O–H groups in total. The Hall–Kier alpha value is -2.63. The van der Waals surface area contributed by atoms with Crippen molar-refractivity contribution in [3.05, 3.63) is 58.0 Å². The third-order valence-corrected chi connectivity index (χ3v) is 5.11. The highest BCUT2D eigenvalue weighted by atomic mass is 16.5. The molecule has 2 aromatic rings. The average Bonchev–Trinajstić information content (AvgIpc) is 2.66. The third kappa shape index (κ3) is 4.80. The molecule has 1 aliphatic heterocycles. The summed E-state index contributed by atoms with van der Waals surface area (Å²) in [5.74, 6) is 0.682. The van der Waals surface area contributed by atoms with E-state index in [-0.39, 0.29) is 29.5 Å². The molecule has 1 aromatic heterocycles. The van der Waals surface area contributed by atoms with Crippen molar-refractivity contribution in [1.82, 2.24) is 14.7 Å². The van der Waals surface area contributed by atoms with E-state index in [1.807, 2.05) is 36.1 Å². The Morgan fingerprint density at radius 2 is 1.89 bits per heavy atom. The second-order valence-corrected chi connectivity index (χ2v) is 8.47. The lowest BCUT2D eigenvalue weighted by atomic mass is 9.92. The maximum Gasteiger partial charge on any atom is 0.267 e. The van der Waals surface area contributed by atoms with Crippen molar-refractivity contribution in [2.75, 3.05) is 19.7 Å². The summed E-state index contributed by atoms with van der Waals surface area (Å²) < 4.78 is 7.23. The molecule has 1 fully saturated rings. The lowest BCUT2D eigenvalue weighted by molar-refractivity contribution is -0.134. The van der Waals surface area contributed by atoms with Gasteiger partial charge in [0.2, 0.25) is 0 Å². The SMILES string of the molecule is Cc1cccc(OCC(=O)N2CCC(n3nc(C(C)(C)C)ccc3=O)CC2)c1. The number of benzene rings is 1. The first-order valence-corrected chi connectivity index (χ1v) is 9.81. The predicted octanol–water partition coefficient (Wildman–Crippen LogP) is 3.09. The molecule has 0 unspecified atom stereocenters. The number of carbonyl (C=O) groups is 1. The molecule has 0 spiro atoms. The minimum Gasteiger partial charge on any atom is -0.484 e. The van der Waals surface area contributed by atoms with Crippen molar-refractivity contribution in [3.63, 3.8) is 0 Å². The maximum absolute atomic E-state index is 12.5. The molecule has 6 nitrogen and oxygen atoms in total. The highest BCUT2D eigenvalue weighted by molar-refractivity contribution is 5.77. The second-order valence-electron chi connectivity index (χ2n) is 8.47. The molecule has 0 saturated carbocycles. The number of piperidine rings is 1. The Morgan fingerprint density at radius 1 is 1.18 bits per heavy atom. The van der Waals surface area contributed by atoms with Crippen LogP contribution >= 0.6 is 0 Å². The number of hydrogen-bond acceptors (Lipinski definition) is 4. The van der Waals surface area contributed by atoms with E-state index in [1.165, 1.54) is 0 Å². The van der Waals surface area contributed by atoms with Gasteiger partial charge < -0.3 is 9.64 Å². The lowest BCUT2D eigenvalue weighted by Gasteiger charge is -2.32. The van der Waals surface area contributed by atoms with Crippen LogP contribution in [0.2, 0.25) is 0 Å². The Morgan fingerprint density at radius 3 is 2.54 bits per heavy atom. The van der Waals surface area contributed by atoms with Crippen molar-refractivity contribution < 1.29 is 9.53 Å². The minimum absolute atomic E-state index is 0.0243. The molecular weight excluding hydrogens is 354 g/mol. The number of hydrogen-bond donors (Lipinski definition) is 0. The van der Waals surface area contributed by atoms with Gasteiger partial charge in [-0.05, 0) is 43.5 Å². The molecule has 1 saturated heterocycles. The molecule has 0 radical (unpaired) electrons. The number of ether oxygens (including phenoxy) is 1. The zero-order valence-corrected chi connectivity index (χ0v) is 17.1. The fourth-order valence-corrected chi connectivity index (χ4v) is 3.39. The largest absolute Gasteiger partial charge is 0.484 e. The predicted molar refractivity (Wildman–Crippen MR) is 109 cm³/mol. The van der Waals surface area contributed by atoms with E-state index in [0.717, 1.165) is 24.1 Å². The molecule has 6 heteroatoms. The normalized spacial score (nSPS) is 15.5. The quantitative estimate of drug-likeness (QED) is 0.814. The fraction of sp³-hybridized carbons (Fsp3) is 0.500. The summed E-state index contributed by atoms with van der Waals surface area (Å²) in [6, 6.07) is 11.1. The minimum atomic E-state index is -0.112. The van der Waals surface area contributed by atoms with Gasteiger partial charge in [-0.1, -0.05) is 32.9 Å².